The average Bonchev–Trinajstić information content (AvgIpc) is 3.19. The summed E-state index contributed by atoms with van der Waals surface area (Å²) in [5.41, 5.74) is 3.02. The van der Waals surface area contributed by atoms with Gasteiger partial charge in [-0.15, -0.1) is 0 Å². The second-order valence-corrected chi connectivity index (χ2v) is 10.8. The molecule has 0 saturated carbocycles. The first-order chi connectivity index (χ1) is 17.9. The molecule has 1 fully saturated rings. The molecular weight excluding hydrogens is 504 g/mol. The van der Waals surface area contributed by atoms with Crippen LogP contribution in [0.2, 0.25) is 0 Å². The van der Waals surface area contributed by atoms with E-state index >= 15 is 0 Å². The van der Waals surface area contributed by atoms with Gasteiger partial charge in [0.1, 0.15) is 10.6 Å². The Hall–Kier alpha value is -4.14. The highest BCUT2D eigenvalue weighted by molar-refractivity contribution is 8.19. The Bertz CT molecular complexity index is 1600. The largest absolute Gasteiger partial charge is 0.379 e. The van der Waals surface area contributed by atoms with Gasteiger partial charge in [0.2, 0.25) is 0 Å². The van der Waals surface area contributed by atoms with Gasteiger partial charge >= 0.3 is 10.1 Å². The lowest BCUT2D eigenvalue weighted by molar-refractivity contribution is -0.113. The van der Waals surface area contributed by atoms with Crippen molar-refractivity contribution in [1.82, 2.24) is 0 Å². The molecule has 4 aromatic rings. The van der Waals surface area contributed by atoms with Gasteiger partial charge in [-0.05, 0) is 78.9 Å². The van der Waals surface area contributed by atoms with E-state index in [0.717, 1.165) is 11.3 Å². The zero-order chi connectivity index (χ0) is 25.8. The summed E-state index contributed by atoms with van der Waals surface area (Å²) in [6.45, 7) is 1.88. The van der Waals surface area contributed by atoms with Crippen LogP contribution in [0.5, 0.6) is 5.75 Å². The highest BCUT2D eigenvalue weighted by Gasteiger charge is 2.34. The van der Waals surface area contributed by atoms with E-state index in [0.29, 0.717) is 21.3 Å². The first kappa shape index (κ1) is 24.5. The van der Waals surface area contributed by atoms with Gasteiger partial charge in [0, 0.05) is 0 Å². The van der Waals surface area contributed by atoms with Gasteiger partial charge in [-0.2, -0.15) is 8.42 Å². The Morgan fingerprint density at radius 3 is 2.22 bits per heavy atom. The molecule has 0 N–H and O–H groups in total. The molecule has 1 heterocycles. The van der Waals surface area contributed by atoms with Crippen molar-refractivity contribution in [1.29, 1.82) is 0 Å². The van der Waals surface area contributed by atoms with Crippen molar-refractivity contribution >= 4 is 50.4 Å². The topological polar surface area (TPSA) is 76.0 Å². The van der Waals surface area contributed by atoms with Gasteiger partial charge in [-0.1, -0.05) is 66.2 Å². The third-order valence-corrected chi connectivity index (χ3v) is 7.70. The van der Waals surface area contributed by atoms with Crippen LogP contribution in [-0.4, -0.2) is 19.5 Å². The van der Waals surface area contributed by atoms with Gasteiger partial charge in [0.25, 0.3) is 5.91 Å². The number of aliphatic imine (C=N–C) groups is 1. The predicted molar refractivity (Wildman–Crippen MR) is 148 cm³/mol. The van der Waals surface area contributed by atoms with Crippen molar-refractivity contribution in [3.05, 3.63) is 125 Å². The Morgan fingerprint density at radius 2 is 1.51 bits per heavy atom. The quantitative estimate of drug-likeness (QED) is 0.210. The molecule has 8 heteroatoms. The SMILES string of the molecule is Cc1ccc(S(=O)(=O)Oc2cccc(/C=C3\SC(=Nc4ccccc4)N(c4ccccc4)C3=O)c2)cc1. The molecule has 0 bridgehead atoms. The van der Waals surface area contributed by atoms with Crippen LogP contribution in [-0.2, 0) is 14.9 Å². The van der Waals surface area contributed by atoms with Crippen LogP contribution in [0.4, 0.5) is 11.4 Å². The van der Waals surface area contributed by atoms with Crippen LogP contribution in [0.15, 0.2) is 124 Å². The van der Waals surface area contributed by atoms with Gasteiger partial charge in [-0.3, -0.25) is 9.69 Å². The van der Waals surface area contributed by atoms with Gasteiger partial charge in [0.05, 0.1) is 16.3 Å². The zero-order valence-electron chi connectivity index (χ0n) is 19.8. The molecular formula is C29H22N2O4S2. The van der Waals surface area contributed by atoms with E-state index < -0.39 is 10.1 Å². The Morgan fingerprint density at radius 1 is 0.838 bits per heavy atom. The fourth-order valence-corrected chi connectivity index (χ4v) is 5.58. The maximum Gasteiger partial charge on any atom is 0.339 e. The zero-order valence-corrected chi connectivity index (χ0v) is 21.4. The summed E-state index contributed by atoms with van der Waals surface area (Å²) in [4.78, 5) is 20.3. The standard InChI is InChI=1S/C29H22N2O4S2/c1-21-15-17-26(18-16-21)37(33,34)35-25-14-8-9-22(19-25)20-27-28(32)31(24-12-6-3-7-13-24)29(36-27)30-23-10-4-2-5-11-23/h2-20H,1H3/b27-20-,30-29?. The number of carbonyl (C=O) groups excluding carboxylic acids is 1. The number of benzene rings is 4. The van der Waals surface area contributed by atoms with Crippen molar-refractivity contribution in [3.63, 3.8) is 0 Å². The molecule has 1 aliphatic rings. The lowest BCUT2D eigenvalue weighted by atomic mass is 10.2. The van der Waals surface area contributed by atoms with Gasteiger partial charge < -0.3 is 4.18 Å². The van der Waals surface area contributed by atoms with E-state index in [9.17, 15) is 13.2 Å². The van der Waals surface area contributed by atoms with Crippen LogP contribution in [0, 0.1) is 6.92 Å². The minimum Gasteiger partial charge on any atom is -0.379 e. The monoisotopic (exact) mass is 526 g/mol. The van der Waals surface area contributed by atoms with Crippen LogP contribution in [0.3, 0.4) is 0 Å². The van der Waals surface area contributed by atoms with E-state index in [1.165, 1.54) is 23.9 Å². The Labute approximate surface area is 220 Å². The number of carbonyl (C=O) groups is 1. The van der Waals surface area contributed by atoms with E-state index in [-0.39, 0.29) is 16.6 Å². The summed E-state index contributed by atoms with van der Waals surface area (Å²) >= 11 is 1.26. The number of aryl methyl sites for hydroxylation is 1. The number of amides is 1. The normalized spacial score (nSPS) is 15.9. The van der Waals surface area contributed by atoms with Crippen LogP contribution in [0.1, 0.15) is 11.1 Å². The molecule has 1 saturated heterocycles. The number of hydrogen-bond acceptors (Lipinski definition) is 6. The molecule has 1 aliphatic heterocycles. The van der Waals surface area contributed by atoms with Crippen LogP contribution < -0.4 is 9.08 Å². The number of nitrogens with zero attached hydrogens (tertiary/aromatic N) is 2. The molecule has 0 aliphatic carbocycles. The number of rotatable bonds is 6. The summed E-state index contributed by atoms with van der Waals surface area (Å²) in [6.07, 6.45) is 1.71. The highest BCUT2D eigenvalue weighted by Crippen LogP contribution is 2.37. The van der Waals surface area contributed by atoms with E-state index in [1.807, 2.05) is 67.6 Å². The highest BCUT2D eigenvalue weighted by atomic mass is 32.2. The fraction of sp³-hybridized carbons (Fsp3) is 0.0345. The second-order valence-electron chi connectivity index (χ2n) is 8.24. The van der Waals surface area contributed by atoms with E-state index in [4.69, 9.17) is 9.18 Å². The summed E-state index contributed by atoms with van der Waals surface area (Å²) < 4.78 is 30.8. The third kappa shape index (κ3) is 5.66. The third-order valence-electron chi connectivity index (χ3n) is 5.47. The number of hydrogen-bond donors (Lipinski definition) is 0. The van der Waals surface area contributed by atoms with Gasteiger partial charge in [0.15, 0.2) is 5.17 Å². The lowest BCUT2D eigenvalue weighted by Gasteiger charge is -2.15. The van der Waals surface area contributed by atoms with E-state index in [1.54, 1.807) is 47.4 Å². The maximum absolute atomic E-state index is 13.5. The van der Waals surface area contributed by atoms with Crippen molar-refractivity contribution in [2.75, 3.05) is 4.90 Å². The molecule has 5 rings (SSSR count). The van der Waals surface area contributed by atoms with Gasteiger partial charge in [-0.25, -0.2) is 4.99 Å². The molecule has 0 aromatic heterocycles. The molecule has 37 heavy (non-hydrogen) atoms. The average molecular weight is 527 g/mol. The minimum absolute atomic E-state index is 0.0728. The number of amidine groups is 1. The molecule has 184 valence electrons. The summed E-state index contributed by atoms with van der Waals surface area (Å²) in [7, 11) is -3.99. The molecule has 0 spiro atoms. The molecule has 6 nitrogen and oxygen atoms in total. The van der Waals surface area contributed by atoms with Crippen molar-refractivity contribution in [2.45, 2.75) is 11.8 Å². The first-order valence-electron chi connectivity index (χ1n) is 11.4. The predicted octanol–water partition coefficient (Wildman–Crippen LogP) is 6.57. The first-order valence-corrected chi connectivity index (χ1v) is 13.7. The molecule has 1 amide bonds. The second kappa shape index (κ2) is 10.5. The molecule has 0 unspecified atom stereocenters. The number of anilines is 1. The summed E-state index contributed by atoms with van der Waals surface area (Å²) in [5.74, 6) is -0.0621. The Kier molecular flexibility index (Phi) is 6.94. The van der Waals surface area contributed by atoms with Crippen molar-refractivity contribution < 1.29 is 17.4 Å². The molecule has 4 aromatic carbocycles. The lowest BCUT2D eigenvalue weighted by Crippen LogP contribution is -2.28. The van der Waals surface area contributed by atoms with Crippen molar-refractivity contribution in [3.8, 4) is 5.75 Å². The minimum atomic E-state index is -3.99. The number of thioether (sulfide) groups is 1. The van der Waals surface area contributed by atoms with Crippen LogP contribution >= 0.6 is 11.8 Å². The maximum atomic E-state index is 13.5. The smallest absolute Gasteiger partial charge is 0.339 e. The Balaban J connectivity index is 1.46. The van der Waals surface area contributed by atoms with Crippen LogP contribution in [0.25, 0.3) is 6.08 Å². The van der Waals surface area contributed by atoms with Crippen molar-refractivity contribution in [2.24, 2.45) is 4.99 Å². The fourth-order valence-electron chi connectivity index (χ4n) is 3.65. The number of para-hydroxylation sites is 2. The molecule has 0 atom stereocenters. The summed E-state index contributed by atoms with van der Waals surface area (Å²) in [5, 5.41) is 0.531. The summed E-state index contributed by atoms with van der Waals surface area (Å²) in [6, 6.07) is 31.8. The van der Waals surface area contributed by atoms with E-state index in [2.05, 4.69) is 0 Å². The molecule has 0 radical (unpaired) electrons.